The van der Waals surface area contributed by atoms with Gasteiger partial charge in [0.05, 0.1) is 66.8 Å². The minimum Gasteiger partial charge on any atom is -0.481 e. The van der Waals surface area contributed by atoms with E-state index in [1.165, 1.54) is 89.6 Å². The molecule has 0 saturated carbocycles. The van der Waals surface area contributed by atoms with Crippen LogP contribution in [0.5, 0.6) is 0 Å². The number of amides is 4. The summed E-state index contributed by atoms with van der Waals surface area (Å²) in [6.07, 6.45) is 24.6. The van der Waals surface area contributed by atoms with Gasteiger partial charge < -0.3 is 69.8 Å². The van der Waals surface area contributed by atoms with Gasteiger partial charge in [-0.25, -0.2) is 0 Å². The Labute approximate surface area is 443 Å². The molecule has 73 heavy (non-hydrogen) atoms. The van der Waals surface area contributed by atoms with Crippen molar-refractivity contribution in [3.05, 3.63) is 0 Å². The van der Waals surface area contributed by atoms with Crippen molar-refractivity contribution in [2.45, 2.75) is 162 Å². The summed E-state index contributed by atoms with van der Waals surface area (Å²) < 4.78 is 21.7. The topological polar surface area (TPSA) is 300 Å². The number of likely N-dealkylation sites (N-methyl/N-ethyl adjacent to an activating group) is 2. The average Bonchev–Trinajstić information content (AvgIpc) is 3.31. The second kappa shape index (κ2) is 57.5. The first-order chi connectivity index (χ1) is 34.5. The molecule has 0 spiro atoms. The van der Waals surface area contributed by atoms with Gasteiger partial charge in [-0.15, -0.1) is 0 Å². The maximum atomic E-state index is 12.2. The molecule has 430 valence electrons. The van der Waals surface area contributed by atoms with Crippen molar-refractivity contribution < 1.29 is 72.0 Å². The van der Waals surface area contributed by atoms with Gasteiger partial charge in [0, 0.05) is 45.3 Å². The first-order valence-corrected chi connectivity index (χ1v) is 27.3. The fourth-order valence-electron chi connectivity index (χ4n) is 6.70. The zero-order valence-electron chi connectivity index (χ0n) is 44.8. The van der Waals surface area contributed by atoms with Crippen molar-refractivity contribution in [3.63, 3.8) is 0 Å². The molecule has 9 N–H and O–H groups in total. The zero-order chi connectivity index (χ0) is 54.4. The number of rotatable bonds is 49. The molecule has 0 aromatic carbocycles. The van der Waals surface area contributed by atoms with Crippen LogP contribution in [0.25, 0.3) is 0 Å². The van der Waals surface area contributed by atoms with Crippen molar-refractivity contribution in [2.75, 3.05) is 120 Å². The quantitative estimate of drug-likeness (QED) is 0.0179. The van der Waals surface area contributed by atoms with Crippen LogP contribution in [0.4, 0.5) is 0 Å². The summed E-state index contributed by atoms with van der Waals surface area (Å²) in [5.74, 6) is -2.36. The van der Waals surface area contributed by atoms with E-state index in [9.17, 15) is 38.4 Å². The highest BCUT2D eigenvalue weighted by molar-refractivity contribution is 7.96. The Morgan fingerprint density at radius 2 is 0.973 bits per heavy atom. The molecule has 21 nitrogen and oxygen atoms in total. The molecule has 0 radical (unpaired) electrons. The monoisotopic (exact) mass is 1070 g/mol. The Morgan fingerprint density at radius 1 is 0.562 bits per heavy atom. The predicted octanol–water partition coefficient (Wildman–Crippen LogP) is 4.57. The number of carbonyl (C=O) groups excluding carboxylic acids is 6. The molecule has 0 rings (SSSR count). The zero-order valence-corrected chi connectivity index (χ0v) is 45.7. The molecule has 0 fully saturated rings. The third-order valence-electron chi connectivity index (χ3n) is 10.8. The van der Waals surface area contributed by atoms with Gasteiger partial charge in [-0.05, 0) is 52.3 Å². The molecule has 22 heteroatoms. The standard InChI is InChI=1S/C31H58N6O11.C18H34O3.CH5NS.CH4/c1-25(38)8-6-5-7-11-33-28(40)22-37(3,4)15-12-34-29(41)23-47-20-19-46-17-14-36-30(42)24-48-21-18-45-16-13-35-27(39)10-9-26(32-2)31(43)44;19-17-15-13-11-9-7-5-3-1-2-4-6-8-10-12-14-16-18(20)21;1-3-2;/h26,32H,5-24H2,1-4H3,(H4-,33,34,35,36,39,40,41,42,43,44);17H,1-16H2,(H,20,21);2H2,1H3;1H4/p+1. The normalized spacial score (nSPS) is 11.1. The van der Waals surface area contributed by atoms with Gasteiger partial charge in [0.15, 0.2) is 6.54 Å². The largest absolute Gasteiger partial charge is 0.481 e. The molecule has 0 heterocycles. The van der Waals surface area contributed by atoms with Crippen molar-refractivity contribution in [1.82, 2.24) is 26.6 Å². The molecule has 0 aliphatic rings. The van der Waals surface area contributed by atoms with Crippen LogP contribution in [0.1, 0.15) is 156 Å². The lowest BCUT2D eigenvalue weighted by molar-refractivity contribution is -0.881. The summed E-state index contributed by atoms with van der Waals surface area (Å²) in [5, 5.41) is 35.8. The fraction of sp³-hybridized carbons (Fsp3) is 0.843. The van der Waals surface area contributed by atoms with Gasteiger partial charge in [-0.3, -0.25) is 33.9 Å². The van der Waals surface area contributed by atoms with Gasteiger partial charge in [-0.2, -0.15) is 0 Å². The van der Waals surface area contributed by atoms with E-state index in [1.54, 1.807) is 6.92 Å². The SMILES string of the molecule is C.CNC(CCC(=O)NCCOCCOCC(=O)NCCOCCOCC(=O)NCC[N+](C)(C)CC(=O)NCCCCCC(C)=O)C(=O)O.CSN.O=CCCCCCCCCCCCCCCCCC(=O)O. The summed E-state index contributed by atoms with van der Waals surface area (Å²) in [7, 11) is 5.36. The number of quaternary nitrogens is 1. The third-order valence-corrected chi connectivity index (χ3v) is 10.8. The molecule has 4 amide bonds. The number of aliphatic carboxylic acids is 2. The van der Waals surface area contributed by atoms with Crippen LogP contribution in [-0.4, -0.2) is 188 Å². The number of nitrogens with two attached hydrogens (primary N) is 1. The van der Waals surface area contributed by atoms with Gasteiger partial charge in [-0.1, -0.05) is 103 Å². The summed E-state index contributed by atoms with van der Waals surface area (Å²) in [5.41, 5.74) is 0. The van der Waals surface area contributed by atoms with Crippen molar-refractivity contribution in [2.24, 2.45) is 5.14 Å². The number of nitrogens with one attached hydrogen (secondary N) is 5. The Balaban J connectivity index is -0.000000791. The summed E-state index contributed by atoms with van der Waals surface area (Å²) >= 11 is 1.25. The number of carbonyl (C=O) groups is 8. The van der Waals surface area contributed by atoms with Gasteiger partial charge in [0.2, 0.25) is 17.7 Å². The molecule has 1 atom stereocenters. The molecule has 0 aliphatic carbocycles. The van der Waals surface area contributed by atoms with E-state index in [0.717, 1.165) is 51.2 Å². The van der Waals surface area contributed by atoms with Crippen LogP contribution in [0.15, 0.2) is 0 Å². The average molecular weight is 1070 g/mol. The summed E-state index contributed by atoms with van der Waals surface area (Å²) in [4.78, 5) is 90.1. The lowest BCUT2D eigenvalue weighted by atomic mass is 10.0. The number of Topliss-reactive ketones (excluding diaryl/α,β-unsaturated/α-hetero) is 1. The van der Waals surface area contributed by atoms with Gasteiger partial charge >= 0.3 is 11.9 Å². The molecule has 0 bridgehead atoms. The van der Waals surface area contributed by atoms with Crippen LogP contribution in [0.3, 0.4) is 0 Å². The van der Waals surface area contributed by atoms with Crippen molar-refractivity contribution in [3.8, 4) is 0 Å². The van der Waals surface area contributed by atoms with Crippen LogP contribution in [0, 0.1) is 0 Å². The lowest BCUT2D eigenvalue weighted by Crippen LogP contribution is -2.51. The van der Waals surface area contributed by atoms with E-state index in [1.807, 2.05) is 20.4 Å². The van der Waals surface area contributed by atoms with E-state index >= 15 is 0 Å². The maximum absolute atomic E-state index is 12.2. The number of nitrogens with zero attached hydrogens (tertiary/aromatic N) is 1. The Kier molecular flexibility index (Phi) is 59.7. The first kappa shape index (κ1) is 75.7. The lowest BCUT2D eigenvalue weighted by Gasteiger charge is -2.29. The van der Waals surface area contributed by atoms with E-state index in [0.29, 0.717) is 43.5 Å². The minimum absolute atomic E-state index is 0. The number of hydrogen-bond acceptors (Lipinski definition) is 15. The van der Waals surface area contributed by atoms with Crippen LogP contribution in [-0.2, 0) is 57.3 Å². The van der Waals surface area contributed by atoms with Crippen molar-refractivity contribution in [1.29, 1.82) is 0 Å². The Morgan fingerprint density at radius 3 is 1.42 bits per heavy atom. The number of ether oxygens (including phenoxy) is 4. The fourth-order valence-corrected chi connectivity index (χ4v) is 6.70. The van der Waals surface area contributed by atoms with Crippen LogP contribution >= 0.6 is 11.9 Å². The second-order valence-electron chi connectivity index (χ2n) is 18.1. The van der Waals surface area contributed by atoms with Crippen LogP contribution in [0.2, 0.25) is 0 Å². The van der Waals surface area contributed by atoms with Crippen LogP contribution < -0.4 is 31.7 Å². The smallest absolute Gasteiger partial charge is 0.320 e. The maximum Gasteiger partial charge on any atom is 0.320 e. The number of hydrogen-bond donors (Lipinski definition) is 8. The number of aldehydes is 1. The Bertz CT molecular complexity index is 1380. The molecular formula is C51H102N7O14S+. The van der Waals surface area contributed by atoms with Gasteiger partial charge in [0.1, 0.15) is 31.3 Å². The molecular weight excluding hydrogens is 967 g/mol. The molecule has 0 aromatic rings. The Hall–Kier alpha value is -3.77. The highest BCUT2D eigenvalue weighted by atomic mass is 32.2. The highest BCUT2D eigenvalue weighted by Gasteiger charge is 2.20. The van der Waals surface area contributed by atoms with E-state index in [2.05, 4.69) is 26.6 Å². The number of unbranched alkanes of at least 4 members (excludes halogenated alkanes) is 16. The third kappa shape index (κ3) is 64.3. The minimum atomic E-state index is -1.00. The van der Waals surface area contributed by atoms with Crippen molar-refractivity contribution >= 4 is 59.6 Å². The predicted molar refractivity (Wildman–Crippen MR) is 288 cm³/mol. The van der Waals surface area contributed by atoms with E-state index in [4.69, 9.17) is 34.3 Å². The second-order valence-corrected chi connectivity index (χ2v) is 18.5. The molecule has 0 aromatic heterocycles. The van der Waals surface area contributed by atoms with E-state index in [-0.39, 0.29) is 116 Å². The summed E-state index contributed by atoms with van der Waals surface area (Å²) in [6.45, 7) is 5.19. The highest BCUT2D eigenvalue weighted by Crippen LogP contribution is 2.13. The number of carboxylic acid groups (broad SMARTS) is 2. The number of carboxylic acids is 2. The summed E-state index contributed by atoms with van der Waals surface area (Å²) in [6, 6.07) is -0.766. The first-order valence-electron chi connectivity index (χ1n) is 26.0. The molecule has 0 saturated heterocycles. The molecule has 1 unspecified atom stereocenters. The number of ketones is 1. The van der Waals surface area contributed by atoms with E-state index < -0.39 is 18.0 Å². The van der Waals surface area contributed by atoms with Gasteiger partial charge in [0.25, 0.3) is 5.91 Å². The molecule has 0 aliphatic heterocycles.